The van der Waals surface area contributed by atoms with Gasteiger partial charge >= 0.3 is 0 Å². The zero-order valence-electron chi connectivity index (χ0n) is 13.2. The molecule has 1 aliphatic heterocycles. The van der Waals surface area contributed by atoms with E-state index in [0.717, 1.165) is 62.1 Å². The van der Waals surface area contributed by atoms with Gasteiger partial charge in [0.25, 0.3) is 0 Å². The van der Waals surface area contributed by atoms with Crippen LogP contribution in [0.1, 0.15) is 6.92 Å². The van der Waals surface area contributed by atoms with Gasteiger partial charge in [-0.25, -0.2) is 0 Å². The third-order valence-electron chi connectivity index (χ3n) is 4.00. The van der Waals surface area contributed by atoms with E-state index in [9.17, 15) is 0 Å². The summed E-state index contributed by atoms with van der Waals surface area (Å²) in [4.78, 5) is 13.8. The first-order chi connectivity index (χ1) is 10.7. The Labute approximate surface area is 129 Å². The largest absolute Gasteiger partial charge is 0.395 e. The molecule has 3 heterocycles. The number of anilines is 2. The zero-order valence-corrected chi connectivity index (χ0v) is 13.2. The molecular formula is C14H23N7O. The summed E-state index contributed by atoms with van der Waals surface area (Å²) in [6.45, 7) is 7.39. The summed E-state index contributed by atoms with van der Waals surface area (Å²) in [6.07, 6.45) is 1.80. The Morgan fingerprint density at radius 2 is 2.00 bits per heavy atom. The molecule has 0 spiro atoms. The van der Waals surface area contributed by atoms with E-state index < -0.39 is 0 Å². The van der Waals surface area contributed by atoms with Crippen molar-refractivity contribution in [3.8, 4) is 0 Å². The van der Waals surface area contributed by atoms with E-state index in [1.807, 2.05) is 7.05 Å². The van der Waals surface area contributed by atoms with Crippen molar-refractivity contribution in [3.63, 3.8) is 0 Å². The smallest absolute Gasteiger partial charge is 0.229 e. The van der Waals surface area contributed by atoms with E-state index in [1.165, 1.54) is 0 Å². The van der Waals surface area contributed by atoms with Crippen LogP contribution in [0.2, 0.25) is 0 Å². The minimum Gasteiger partial charge on any atom is -0.395 e. The molecule has 0 aliphatic carbocycles. The number of aromatic nitrogens is 4. The third kappa shape index (κ3) is 2.84. The number of nitrogens with zero attached hydrogens (tertiary/aromatic N) is 6. The van der Waals surface area contributed by atoms with Gasteiger partial charge in [-0.05, 0) is 6.92 Å². The number of rotatable bonds is 5. The average Bonchev–Trinajstić information content (AvgIpc) is 2.90. The van der Waals surface area contributed by atoms with Crippen LogP contribution in [0, 0.1) is 0 Å². The summed E-state index contributed by atoms with van der Waals surface area (Å²) in [5, 5.41) is 17.6. The van der Waals surface area contributed by atoms with E-state index in [1.54, 1.807) is 10.9 Å². The van der Waals surface area contributed by atoms with Gasteiger partial charge in [0.05, 0.1) is 18.2 Å². The monoisotopic (exact) mass is 305 g/mol. The van der Waals surface area contributed by atoms with Crippen LogP contribution in [0.15, 0.2) is 6.20 Å². The van der Waals surface area contributed by atoms with Crippen LogP contribution >= 0.6 is 0 Å². The van der Waals surface area contributed by atoms with Crippen molar-refractivity contribution in [2.24, 2.45) is 7.05 Å². The molecule has 1 fully saturated rings. The second-order valence-corrected chi connectivity index (χ2v) is 5.46. The lowest BCUT2D eigenvalue weighted by atomic mass is 10.3. The number of nitrogens with one attached hydrogen (secondary N) is 1. The Morgan fingerprint density at radius 1 is 1.23 bits per heavy atom. The van der Waals surface area contributed by atoms with E-state index in [-0.39, 0.29) is 6.61 Å². The molecule has 2 aromatic heterocycles. The normalized spacial score (nSPS) is 16.4. The quantitative estimate of drug-likeness (QED) is 0.799. The molecule has 2 aromatic rings. The van der Waals surface area contributed by atoms with Crippen LogP contribution in [0.3, 0.4) is 0 Å². The standard InChI is InChI=1S/C14H23N7O/c1-3-15-12-11-10-16-19(2)13(11)18-14(17-12)21-6-4-20(5-7-21)8-9-22/h10,22H,3-9H2,1-2H3,(H,15,17,18). The second-order valence-electron chi connectivity index (χ2n) is 5.46. The molecule has 0 bridgehead atoms. The number of fused-ring (bicyclic) bond motifs is 1. The number of piperazine rings is 1. The first-order valence-corrected chi connectivity index (χ1v) is 7.74. The summed E-state index contributed by atoms with van der Waals surface area (Å²) < 4.78 is 1.78. The fourth-order valence-electron chi connectivity index (χ4n) is 2.77. The molecule has 0 radical (unpaired) electrons. The summed E-state index contributed by atoms with van der Waals surface area (Å²) >= 11 is 0. The Hall–Kier alpha value is -1.93. The van der Waals surface area contributed by atoms with Gasteiger partial charge in [0.2, 0.25) is 5.95 Å². The van der Waals surface area contributed by atoms with Crippen LogP contribution in [0.5, 0.6) is 0 Å². The molecule has 22 heavy (non-hydrogen) atoms. The Balaban J connectivity index is 1.86. The first kappa shape index (κ1) is 15.0. The lowest BCUT2D eigenvalue weighted by Crippen LogP contribution is -2.47. The SMILES string of the molecule is CCNc1nc(N2CCN(CCO)CC2)nc2c1cnn2C. The van der Waals surface area contributed by atoms with E-state index in [0.29, 0.717) is 0 Å². The third-order valence-corrected chi connectivity index (χ3v) is 4.00. The maximum atomic E-state index is 9.02. The van der Waals surface area contributed by atoms with Crippen molar-refractivity contribution < 1.29 is 5.11 Å². The molecule has 0 saturated carbocycles. The minimum atomic E-state index is 0.210. The van der Waals surface area contributed by atoms with Gasteiger partial charge in [0.15, 0.2) is 5.65 Å². The van der Waals surface area contributed by atoms with Crippen molar-refractivity contribution >= 4 is 22.8 Å². The number of β-amino-alcohol motifs (C(OH)–C–C–N with tert-alkyl or cyclic N) is 1. The van der Waals surface area contributed by atoms with Crippen LogP contribution in [0.25, 0.3) is 11.0 Å². The first-order valence-electron chi connectivity index (χ1n) is 7.74. The summed E-state index contributed by atoms with van der Waals surface area (Å²) in [7, 11) is 1.90. The zero-order chi connectivity index (χ0) is 15.5. The lowest BCUT2D eigenvalue weighted by molar-refractivity contribution is 0.188. The molecule has 120 valence electrons. The van der Waals surface area contributed by atoms with Gasteiger partial charge in [-0.15, -0.1) is 0 Å². The summed E-state index contributed by atoms with van der Waals surface area (Å²) in [5.74, 6) is 1.59. The van der Waals surface area contributed by atoms with Gasteiger partial charge in [-0.3, -0.25) is 9.58 Å². The molecule has 0 unspecified atom stereocenters. The van der Waals surface area contributed by atoms with E-state index >= 15 is 0 Å². The van der Waals surface area contributed by atoms with Gasteiger partial charge in [-0.1, -0.05) is 0 Å². The van der Waals surface area contributed by atoms with Crippen molar-refractivity contribution in [1.82, 2.24) is 24.6 Å². The molecule has 1 aliphatic rings. The van der Waals surface area contributed by atoms with E-state index in [2.05, 4.69) is 37.1 Å². The molecular weight excluding hydrogens is 282 g/mol. The van der Waals surface area contributed by atoms with Crippen LogP contribution < -0.4 is 10.2 Å². The fraction of sp³-hybridized carbons (Fsp3) is 0.643. The fourth-order valence-corrected chi connectivity index (χ4v) is 2.77. The molecule has 8 heteroatoms. The van der Waals surface area contributed by atoms with E-state index in [4.69, 9.17) is 5.11 Å². The predicted octanol–water partition coefficient (Wildman–Crippen LogP) is -0.0906. The van der Waals surface area contributed by atoms with Gasteiger partial charge in [-0.2, -0.15) is 15.1 Å². The second kappa shape index (κ2) is 6.45. The predicted molar refractivity (Wildman–Crippen MR) is 86.2 cm³/mol. The molecule has 1 saturated heterocycles. The lowest BCUT2D eigenvalue weighted by Gasteiger charge is -2.34. The highest BCUT2D eigenvalue weighted by molar-refractivity contribution is 5.87. The topological polar surface area (TPSA) is 82.3 Å². The van der Waals surface area contributed by atoms with Crippen LogP contribution in [-0.2, 0) is 7.05 Å². The van der Waals surface area contributed by atoms with Crippen LogP contribution in [0.4, 0.5) is 11.8 Å². The summed E-state index contributed by atoms with van der Waals surface area (Å²) in [5.41, 5.74) is 0.846. The highest BCUT2D eigenvalue weighted by atomic mass is 16.3. The molecule has 2 N–H and O–H groups in total. The maximum Gasteiger partial charge on any atom is 0.229 e. The van der Waals surface area contributed by atoms with Crippen molar-refractivity contribution in [2.75, 3.05) is 56.1 Å². The molecule has 0 atom stereocenters. The van der Waals surface area contributed by atoms with Crippen molar-refractivity contribution in [3.05, 3.63) is 6.20 Å². The number of aryl methyl sites for hydroxylation is 1. The molecule has 0 amide bonds. The van der Waals surface area contributed by atoms with Crippen LogP contribution in [-0.4, -0.2) is 75.6 Å². The number of hydrogen-bond acceptors (Lipinski definition) is 7. The molecule has 3 rings (SSSR count). The number of aliphatic hydroxyl groups excluding tert-OH is 1. The highest BCUT2D eigenvalue weighted by Gasteiger charge is 2.20. The van der Waals surface area contributed by atoms with Gasteiger partial charge in [0, 0.05) is 46.3 Å². The summed E-state index contributed by atoms with van der Waals surface area (Å²) in [6, 6.07) is 0. The van der Waals surface area contributed by atoms with Gasteiger partial charge < -0.3 is 15.3 Å². The van der Waals surface area contributed by atoms with Crippen molar-refractivity contribution in [2.45, 2.75) is 6.92 Å². The van der Waals surface area contributed by atoms with Crippen molar-refractivity contribution in [1.29, 1.82) is 0 Å². The Bertz CT molecular complexity index is 633. The Morgan fingerprint density at radius 3 is 2.68 bits per heavy atom. The molecule has 8 nitrogen and oxygen atoms in total. The number of hydrogen-bond donors (Lipinski definition) is 2. The average molecular weight is 305 g/mol. The minimum absolute atomic E-state index is 0.210. The van der Waals surface area contributed by atoms with Gasteiger partial charge in [0.1, 0.15) is 5.82 Å². The molecule has 0 aromatic carbocycles. The highest BCUT2D eigenvalue weighted by Crippen LogP contribution is 2.23. The maximum absolute atomic E-state index is 9.02. The number of aliphatic hydroxyl groups is 1. The Kier molecular flexibility index (Phi) is 4.39.